The first-order valence-corrected chi connectivity index (χ1v) is 7.19. The third kappa shape index (κ3) is 4.18. The highest BCUT2D eigenvalue weighted by Gasteiger charge is 2.27. The van der Waals surface area contributed by atoms with E-state index in [0.29, 0.717) is 5.92 Å². The fraction of sp³-hybridized carbons (Fsp3) is 0.667. The molecule has 1 aromatic rings. The lowest BCUT2D eigenvalue weighted by molar-refractivity contribution is -0.122. The molecule has 1 aromatic heterocycles. The molecule has 0 bridgehead atoms. The molecule has 0 aromatic carbocycles. The predicted molar refractivity (Wildman–Crippen MR) is 79.7 cm³/mol. The summed E-state index contributed by atoms with van der Waals surface area (Å²) in [6.07, 6.45) is 2.34. The number of hydrogen-bond donors (Lipinski definition) is 2. The van der Waals surface area contributed by atoms with Crippen molar-refractivity contribution in [3.05, 3.63) is 17.6 Å². The molecule has 0 spiro atoms. The van der Waals surface area contributed by atoms with Crippen LogP contribution < -0.4 is 10.6 Å². The van der Waals surface area contributed by atoms with Crippen LogP contribution in [0.1, 0.15) is 58.0 Å². The lowest BCUT2D eigenvalue weighted by atomic mass is 10.1. The number of amides is 1. The molecule has 0 radical (unpaired) electrons. The van der Waals surface area contributed by atoms with Crippen LogP contribution in [-0.2, 0) is 4.79 Å². The van der Waals surface area contributed by atoms with Crippen molar-refractivity contribution >= 4 is 11.7 Å². The summed E-state index contributed by atoms with van der Waals surface area (Å²) in [5.74, 6) is 2.11. The lowest BCUT2D eigenvalue weighted by Crippen LogP contribution is -2.47. The zero-order chi connectivity index (χ0) is 14.9. The topological polar surface area (TPSA) is 66.9 Å². The number of nitrogens with one attached hydrogen (secondary N) is 2. The Morgan fingerprint density at radius 3 is 2.55 bits per heavy atom. The van der Waals surface area contributed by atoms with Gasteiger partial charge in [-0.05, 0) is 47.5 Å². The fourth-order valence-corrected chi connectivity index (χ4v) is 1.95. The van der Waals surface area contributed by atoms with Crippen LogP contribution in [0.5, 0.6) is 0 Å². The van der Waals surface area contributed by atoms with Gasteiger partial charge in [-0.1, -0.05) is 0 Å². The molecule has 1 fully saturated rings. The molecule has 1 unspecified atom stereocenters. The van der Waals surface area contributed by atoms with Gasteiger partial charge in [-0.15, -0.1) is 0 Å². The molecule has 2 N–H and O–H groups in total. The average Bonchev–Trinajstić information content (AvgIpc) is 3.09. The van der Waals surface area contributed by atoms with Gasteiger partial charge in [-0.2, -0.15) is 0 Å². The number of anilines is 1. The van der Waals surface area contributed by atoms with E-state index in [1.165, 1.54) is 12.8 Å². The van der Waals surface area contributed by atoms with Crippen LogP contribution in [0.15, 0.2) is 6.07 Å². The minimum atomic E-state index is -0.324. The zero-order valence-corrected chi connectivity index (χ0v) is 12.9. The summed E-state index contributed by atoms with van der Waals surface area (Å²) >= 11 is 0. The number of carbonyl (C=O) groups is 1. The summed E-state index contributed by atoms with van der Waals surface area (Å²) in [6.45, 7) is 9.71. The van der Waals surface area contributed by atoms with Gasteiger partial charge in [0.05, 0.1) is 0 Å². The second-order valence-electron chi connectivity index (χ2n) is 6.63. The first-order valence-electron chi connectivity index (χ1n) is 7.19. The summed E-state index contributed by atoms with van der Waals surface area (Å²) in [7, 11) is 0. The maximum Gasteiger partial charge on any atom is 0.242 e. The van der Waals surface area contributed by atoms with E-state index >= 15 is 0 Å². The fourth-order valence-electron chi connectivity index (χ4n) is 1.95. The van der Waals surface area contributed by atoms with Crippen molar-refractivity contribution in [2.24, 2.45) is 0 Å². The van der Waals surface area contributed by atoms with Gasteiger partial charge >= 0.3 is 0 Å². The number of aryl methyl sites for hydroxylation is 1. The predicted octanol–water partition coefficient (Wildman–Crippen LogP) is 2.38. The van der Waals surface area contributed by atoms with Crippen molar-refractivity contribution in [2.45, 2.75) is 65.0 Å². The van der Waals surface area contributed by atoms with Gasteiger partial charge in [0.2, 0.25) is 5.91 Å². The van der Waals surface area contributed by atoms with Crippen LogP contribution in [0.2, 0.25) is 0 Å². The van der Waals surface area contributed by atoms with Gasteiger partial charge in [0.25, 0.3) is 0 Å². The van der Waals surface area contributed by atoms with Crippen LogP contribution in [0.4, 0.5) is 5.82 Å². The molecule has 0 aliphatic heterocycles. The number of rotatable bonds is 4. The van der Waals surface area contributed by atoms with E-state index in [2.05, 4.69) is 20.6 Å². The number of aromatic nitrogens is 2. The van der Waals surface area contributed by atoms with Crippen LogP contribution in [0.25, 0.3) is 0 Å². The van der Waals surface area contributed by atoms with Crippen LogP contribution in [0.3, 0.4) is 0 Å². The van der Waals surface area contributed by atoms with Gasteiger partial charge in [0.15, 0.2) is 0 Å². The Morgan fingerprint density at radius 2 is 2.00 bits per heavy atom. The van der Waals surface area contributed by atoms with Crippen molar-refractivity contribution < 1.29 is 4.79 Å². The molecule has 0 saturated heterocycles. The molecule has 1 aliphatic carbocycles. The average molecular weight is 276 g/mol. The summed E-state index contributed by atoms with van der Waals surface area (Å²) in [4.78, 5) is 21.0. The van der Waals surface area contributed by atoms with E-state index in [-0.39, 0.29) is 17.5 Å². The Kier molecular flexibility index (Phi) is 3.97. The van der Waals surface area contributed by atoms with E-state index in [1.807, 2.05) is 40.7 Å². The third-order valence-corrected chi connectivity index (χ3v) is 3.07. The largest absolute Gasteiger partial charge is 0.359 e. The number of hydrogen-bond acceptors (Lipinski definition) is 4. The van der Waals surface area contributed by atoms with E-state index < -0.39 is 0 Å². The summed E-state index contributed by atoms with van der Waals surface area (Å²) in [6, 6.07) is 1.56. The Labute approximate surface area is 120 Å². The molecule has 5 heteroatoms. The molecule has 2 rings (SSSR count). The van der Waals surface area contributed by atoms with Crippen molar-refractivity contribution in [1.82, 2.24) is 15.3 Å². The molecular weight excluding hydrogens is 252 g/mol. The second kappa shape index (κ2) is 5.38. The normalized spacial score (nSPS) is 16.6. The van der Waals surface area contributed by atoms with Gasteiger partial charge in [0, 0.05) is 23.2 Å². The van der Waals surface area contributed by atoms with Crippen molar-refractivity contribution in [3.8, 4) is 0 Å². The molecule has 20 heavy (non-hydrogen) atoms. The van der Waals surface area contributed by atoms with Gasteiger partial charge < -0.3 is 10.6 Å². The Balaban J connectivity index is 2.03. The number of nitrogens with zero attached hydrogens (tertiary/aromatic N) is 2. The molecule has 5 nitrogen and oxygen atoms in total. The van der Waals surface area contributed by atoms with E-state index in [1.54, 1.807) is 0 Å². The van der Waals surface area contributed by atoms with Crippen molar-refractivity contribution in [3.63, 3.8) is 0 Å². The quantitative estimate of drug-likeness (QED) is 0.886. The first-order chi connectivity index (χ1) is 9.24. The van der Waals surface area contributed by atoms with Gasteiger partial charge in [-0.25, -0.2) is 9.97 Å². The lowest BCUT2D eigenvalue weighted by Gasteiger charge is -2.24. The SMILES string of the molecule is Cc1cc(NC(C)C(=O)NC(C)(C)C)nc(C2CC2)n1. The van der Waals surface area contributed by atoms with E-state index in [9.17, 15) is 4.79 Å². The summed E-state index contributed by atoms with van der Waals surface area (Å²) in [5.41, 5.74) is 0.709. The molecular formula is C15H24N4O. The Hall–Kier alpha value is -1.65. The first kappa shape index (κ1) is 14.8. The number of carbonyl (C=O) groups excluding carboxylic acids is 1. The zero-order valence-electron chi connectivity index (χ0n) is 12.9. The highest BCUT2D eigenvalue weighted by Crippen LogP contribution is 2.38. The van der Waals surface area contributed by atoms with Gasteiger partial charge in [-0.3, -0.25) is 4.79 Å². The molecule has 110 valence electrons. The smallest absolute Gasteiger partial charge is 0.242 e. The molecule has 1 atom stereocenters. The maximum atomic E-state index is 12.1. The Bertz CT molecular complexity index is 503. The van der Waals surface area contributed by atoms with E-state index in [4.69, 9.17) is 0 Å². The highest BCUT2D eigenvalue weighted by molar-refractivity contribution is 5.84. The monoisotopic (exact) mass is 276 g/mol. The highest BCUT2D eigenvalue weighted by atomic mass is 16.2. The maximum absolute atomic E-state index is 12.1. The molecule has 1 heterocycles. The standard InChI is InChI=1S/C15H24N4O/c1-9-8-12(18-13(16-9)11-6-7-11)17-10(2)14(20)19-15(3,4)5/h8,10-11H,6-7H2,1-5H3,(H,19,20)(H,16,17,18). The molecule has 1 aliphatic rings. The van der Waals surface area contributed by atoms with Crippen LogP contribution in [0, 0.1) is 6.92 Å². The molecule has 1 saturated carbocycles. The van der Waals surface area contributed by atoms with Gasteiger partial charge in [0.1, 0.15) is 17.7 Å². The molecule has 1 amide bonds. The van der Waals surface area contributed by atoms with Crippen molar-refractivity contribution in [1.29, 1.82) is 0 Å². The minimum Gasteiger partial charge on any atom is -0.359 e. The third-order valence-electron chi connectivity index (χ3n) is 3.07. The minimum absolute atomic E-state index is 0.0262. The second-order valence-corrected chi connectivity index (χ2v) is 6.63. The summed E-state index contributed by atoms with van der Waals surface area (Å²) in [5, 5.41) is 6.12. The van der Waals surface area contributed by atoms with E-state index in [0.717, 1.165) is 17.3 Å². The van der Waals surface area contributed by atoms with Crippen LogP contribution in [-0.4, -0.2) is 27.5 Å². The van der Waals surface area contributed by atoms with Crippen LogP contribution >= 0.6 is 0 Å². The summed E-state index contributed by atoms with van der Waals surface area (Å²) < 4.78 is 0. The van der Waals surface area contributed by atoms with Crippen molar-refractivity contribution in [2.75, 3.05) is 5.32 Å². The Morgan fingerprint density at radius 1 is 1.35 bits per heavy atom.